The summed E-state index contributed by atoms with van der Waals surface area (Å²) in [5.74, 6) is -0.189. The molecule has 2 amide bonds. The third-order valence-electron chi connectivity index (χ3n) is 4.57. The van der Waals surface area contributed by atoms with Gasteiger partial charge in [-0.1, -0.05) is 25.7 Å². The van der Waals surface area contributed by atoms with E-state index in [0.29, 0.717) is 19.0 Å². The van der Waals surface area contributed by atoms with Crippen LogP contribution < -0.4 is 11.1 Å². The molecule has 1 heterocycles. The number of carbonyl (C=O) groups is 2. The summed E-state index contributed by atoms with van der Waals surface area (Å²) in [6.07, 6.45) is 9.16. The van der Waals surface area contributed by atoms with Gasteiger partial charge in [-0.15, -0.1) is 0 Å². The van der Waals surface area contributed by atoms with Gasteiger partial charge in [0, 0.05) is 19.1 Å². The molecule has 0 radical (unpaired) electrons. The zero-order valence-electron chi connectivity index (χ0n) is 12.3. The summed E-state index contributed by atoms with van der Waals surface area (Å²) in [4.78, 5) is 25.6. The van der Waals surface area contributed by atoms with E-state index in [9.17, 15) is 9.59 Å². The molecule has 5 nitrogen and oxygen atoms in total. The SMILES string of the molecule is NCCCC[C@H]1CNC(=O)C(=O)N1CC1CCCCC1. The molecule has 2 fully saturated rings. The summed E-state index contributed by atoms with van der Waals surface area (Å²) in [7, 11) is 0. The first kappa shape index (κ1) is 15.3. The van der Waals surface area contributed by atoms with Crippen molar-refractivity contribution in [3.05, 3.63) is 0 Å². The number of hydrogen-bond donors (Lipinski definition) is 2. The molecule has 0 bridgehead atoms. The topological polar surface area (TPSA) is 75.4 Å². The van der Waals surface area contributed by atoms with Gasteiger partial charge >= 0.3 is 11.8 Å². The highest BCUT2D eigenvalue weighted by Gasteiger charge is 2.34. The van der Waals surface area contributed by atoms with Crippen LogP contribution in [-0.2, 0) is 9.59 Å². The van der Waals surface area contributed by atoms with Crippen LogP contribution in [0.2, 0.25) is 0 Å². The van der Waals surface area contributed by atoms with Gasteiger partial charge in [0.05, 0.1) is 0 Å². The van der Waals surface area contributed by atoms with Crippen LogP contribution in [0.1, 0.15) is 51.4 Å². The Kier molecular flexibility index (Phi) is 5.83. The van der Waals surface area contributed by atoms with Crippen molar-refractivity contribution in [2.24, 2.45) is 11.7 Å². The van der Waals surface area contributed by atoms with Crippen molar-refractivity contribution in [2.45, 2.75) is 57.4 Å². The number of nitrogens with two attached hydrogens (primary N) is 1. The van der Waals surface area contributed by atoms with Gasteiger partial charge in [0.2, 0.25) is 0 Å². The van der Waals surface area contributed by atoms with E-state index >= 15 is 0 Å². The van der Waals surface area contributed by atoms with E-state index in [4.69, 9.17) is 5.73 Å². The van der Waals surface area contributed by atoms with Crippen LogP contribution in [0.3, 0.4) is 0 Å². The lowest BCUT2D eigenvalue weighted by atomic mass is 9.88. The molecule has 0 aromatic rings. The lowest BCUT2D eigenvalue weighted by Gasteiger charge is -2.38. The third-order valence-corrected chi connectivity index (χ3v) is 4.57. The number of piperazine rings is 1. The predicted molar refractivity (Wildman–Crippen MR) is 78.0 cm³/mol. The Morgan fingerprint density at radius 1 is 1.15 bits per heavy atom. The lowest BCUT2D eigenvalue weighted by Crippen LogP contribution is -2.59. The molecule has 1 saturated carbocycles. The monoisotopic (exact) mass is 281 g/mol. The van der Waals surface area contributed by atoms with Crippen LogP contribution in [0, 0.1) is 5.92 Å². The molecule has 0 unspecified atom stereocenters. The van der Waals surface area contributed by atoms with Crippen LogP contribution >= 0.6 is 0 Å². The second kappa shape index (κ2) is 7.62. The Labute approximate surface area is 121 Å². The van der Waals surface area contributed by atoms with Gasteiger partial charge in [0.1, 0.15) is 0 Å². The molecular formula is C15H27N3O2. The van der Waals surface area contributed by atoms with Crippen molar-refractivity contribution in [1.29, 1.82) is 0 Å². The van der Waals surface area contributed by atoms with E-state index in [2.05, 4.69) is 5.32 Å². The number of nitrogens with one attached hydrogen (secondary N) is 1. The highest BCUT2D eigenvalue weighted by molar-refractivity contribution is 6.35. The van der Waals surface area contributed by atoms with Gasteiger partial charge in [0.25, 0.3) is 0 Å². The highest BCUT2D eigenvalue weighted by Crippen LogP contribution is 2.26. The molecule has 1 atom stereocenters. The lowest BCUT2D eigenvalue weighted by molar-refractivity contribution is -0.151. The molecule has 3 N–H and O–H groups in total. The van der Waals surface area contributed by atoms with Crippen LogP contribution in [0.15, 0.2) is 0 Å². The van der Waals surface area contributed by atoms with Crippen molar-refractivity contribution in [2.75, 3.05) is 19.6 Å². The molecule has 1 aliphatic heterocycles. The van der Waals surface area contributed by atoms with E-state index in [-0.39, 0.29) is 11.9 Å². The molecule has 114 valence electrons. The van der Waals surface area contributed by atoms with Crippen molar-refractivity contribution in [1.82, 2.24) is 10.2 Å². The zero-order valence-corrected chi connectivity index (χ0v) is 12.3. The van der Waals surface area contributed by atoms with E-state index in [1.165, 1.54) is 32.1 Å². The first-order valence-corrected chi connectivity index (χ1v) is 8.01. The highest BCUT2D eigenvalue weighted by atomic mass is 16.2. The van der Waals surface area contributed by atoms with Crippen LogP contribution in [-0.4, -0.2) is 42.4 Å². The van der Waals surface area contributed by atoms with Gasteiger partial charge in [-0.25, -0.2) is 0 Å². The number of unbranched alkanes of at least 4 members (excludes halogenated alkanes) is 1. The summed E-state index contributed by atoms with van der Waals surface area (Å²) in [6.45, 7) is 2.05. The molecule has 2 aliphatic rings. The first-order valence-electron chi connectivity index (χ1n) is 8.01. The van der Waals surface area contributed by atoms with Gasteiger partial charge in [-0.2, -0.15) is 0 Å². The zero-order chi connectivity index (χ0) is 14.4. The van der Waals surface area contributed by atoms with E-state index in [1.54, 1.807) is 0 Å². The minimum absolute atomic E-state index is 0.161. The molecule has 20 heavy (non-hydrogen) atoms. The Balaban J connectivity index is 1.93. The Morgan fingerprint density at radius 3 is 2.60 bits per heavy atom. The first-order chi connectivity index (χ1) is 9.72. The maximum atomic E-state index is 12.1. The molecular weight excluding hydrogens is 254 g/mol. The maximum Gasteiger partial charge on any atom is 0.312 e. The van der Waals surface area contributed by atoms with Crippen LogP contribution in [0.25, 0.3) is 0 Å². The second-order valence-electron chi connectivity index (χ2n) is 6.11. The summed E-state index contributed by atoms with van der Waals surface area (Å²) in [6, 6.07) is 0.161. The molecule has 0 spiro atoms. The normalized spacial score (nSPS) is 24.9. The average molecular weight is 281 g/mol. The molecule has 1 aliphatic carbocycles. The smallest absolute Gasteiger partial charge is 0.312 e. The number of nitrogens with zero attached hydrogens (tertiary/aromatic N) is 1. The van der Waals surface area contributed by atoms with Crippen molar-refractivity contribution in [3.63, 3.8) is 0 Å². The fourth-order valence-corrected chi connectivity index (χ4v) is 3.35. The third kappa shape index (κ3) is 3.95. The standard InChI is InChI=1S/C15H27N3O2/c16-9-5-4-8-13-10-17-14(19)15(20)18(13)11-12-6-2-1-3-7-12/h12-13H,1-11,16H2,(H,17,19)/t13-/m0/s1. The quantitative estimate of drug-likeness (QED) is 0.564. The van der Waals surface area contributed by atoms with Crippen LogP contribution in [0.5, 0.6) is 0 Å². The van der Waals surface area contributed by atoms with Gasteiger partial charge < -0.3 is 16.0 Å². The van der Waals surface area contributed by atoms with E-state index < -0.39 is 5.91 Å². The minimum Gasteiger partial charge on any atom is -0.346 e. The summed E-state index contributed by atoms with van der Waals surface area (Å²) >= 11 is 0. The maximum absolute atomic E-state index is 12.1. The summed E-state index contributed by atoms with van der Waals surface area (Å²) in [5, 5.41) is 2.71. The van der Waals surface area contributed by atoms with Crippen molar-refractivity contribution >= 4 is 11.8 Å². The van der Waals surface area contributed by atoms with Crippen LogP contribution in [0.4, 0.5) is 0 Å². The fourth-order valence-electron chi connectivity index (χ4n) is 3.35. The molecule has 0 aromatic heterocycles. The molecule has 0 aromatic carbocycles. The van der Waals surface area contributed by atoms with Crippen molar-refractivity contribution in [3.8, 4) is 0 Å². The second-order valence-corrected chi connectivity index (χ2v) is 6.11. The number of carbonyl (C=O) groups excluding carboxylic acids is 2. The fraction of sp³-hybridized carbons (Fsp3) is 0.867. The van der Waals surface area contributed by atoms with E-state index in [1.807, 2.05) is 4.90 Å². The molecule has 1 saturated heterocycles. The summed E-state index contributed by atoms with van der Waals surface area (Å²) < 4.78 is 0. The van der Waals surface area contributed by atoms with Crippen molar-refractivity contribution < 1.29 is 9.59 Å². The van der Waals surface area contributed by atoms with Gasteiger partial charge in [-0.05, 0) is 38.1 Å². The molecule has 2 rings (SSSR count). The Morgan fingerprint density at radius 2 is 1.90 bits per heavy atom. The van der Waals surface area contributed by atoms with E-state index in [0.717, 1.165) is 25.8 Å². The Hall–Kier alpha value is -1.10. The Bertz CT molecular complexity index is 340. The van der Waals surface area contributed by atoms with Gasteiger partial charge in [0.15, 0.2) is 0 Å². The predicted octanol–water partition coefficient (Wildman–Crippen LogP) is 1.02. The molecule has 5 heteroatoms. The average Bonchev–Trinajstić information content (AvgIpc) is 2.47. The number of rotatable bonds is 6. The largest absolute Gasteiger partial charge is 0.346 e. The number of amides is 2. The minimum atomic E-state index is -0.434. The summed E-state index contributed by atoms with van der Waals surface area (Å²) in [5.41, 5.74) is 5.53. The number of hydrogen-bond acceptors (Lipinski definition) is 3. The van der Waals surface area contributed by atoms with Gasteiger partial charge in [-0.3, -0.25) is 9.59 Å².